The number of hydrogen-bond donors (Lipinski definition) is 2. The Bertz CT molecular complexity index is 818. The van der Waals surface area contributed by atoms with Crippen LogP contribution in [0.4, 0.5) is 0 Å². The molecule has 2 saturated carbocycles. The average molecular weight is 459 g/mol. The van der Waals surface area contributed by atoms with Crippen LogP contribution in [-0.4, -0.2) is 47.2 Å². The van der Waals surface area contributed by atoms with Crippen LogP contribution < -0.4 is 0 Å². The van der Waals surface area contributed by atoms with Crippen molar-refractivity contribution in [2.45, 2.75) is 103 Å². The SMILES string of the molecule is C=C1C(=CC=C2CCC[C@]3(C)C([C@@H](C)OCC(=O)OC(CC)CC)=CC[C@@H]23)C[C@@H](O)C[C@@H]1O. The van der Waals surface area contributed by atoms with E-state index in [2.05, 4.69) is 31.7 Å². The zero-order valence-corrected chi connectivity index (χ0v) is 20.8. The van der Waals surface area contributed by atoms with Crippen molar-refractivity contribution in [1.29, 1.82) is 0 Å². The van der Waals surface area contributed by atoms with Crippen molar-refractivity contribution in [2.24, 2.45) is 11.3 Å². The molecule has 0 aliphatic heterocycles. The van der Waals surface area contributed by atoms with E-state index in [9.17, 15) is 15.0 Å². The average Bonchev–Trinajstić information content (AvgIpc) is 3.14. The highest BCUT2D eigenvalue weighted by Crippen LogP contribution is 2.55. The molecule has 2 N–H and O–H groups in total. The first kappa shape index (κ1) is 25.9. The Balaban J connectivity index is 1.66. The van der Waals surface area contributed by atoms with Crippen LogP contribution in [0, 0.1) is 11.3 Å². The minimum Gasteiger partial charge on any atom is -0.461 e. The van der Waals surface area contributed by atoms with Crippen LogP contribution in [0.15, 0.2) is 47.1 Å². The van der Waals surface area contributed by atoms with Crippen LogP contribution >= 0.6 is 0 Å². The molecular formula is C28H42O5. The van der Waals surface area contributed by atoms with E-state index >= 15 is 0 Å². The topological polar surface area (TPSA) is 76.0 Å². The summed E-state index contributed by atoms with van der Waals surface area (Å²) >= 11 is 0. The number of aliphatic hydroxyl groups is 2. The van der Waals surface area contributed by atoms with Gasteiger partial charge in [0.25, 0.3) is 0 Å². The highest BCUT2D eigenvalue weighted by molar-refractivity contribution is 5.71. The molecule has 0 spiro atoms. The highest BCUT2D eigenvalue weighted by atomic mass is 16.6. The maximum Gasteiger partial charge on any atom is 0.332 e. The number of fused-ring (bicyclic) bond motifs is 1. The van der Waals surface area contributed by atoms with Crippen molar-refractivity contribution in [3.63, 3.8) is 0 Å². The monoisotopic (exact) mass is 458 g/mol. The molecule has 0 amide bonds. The van der Waals surface area contributed by atoms with Crippen molar-refractivity contribution >= 4 is 5.97 Å². The molecule has 0 unspecified atom stereocenters. The van der Waals surface area contributed by atoms with Crippen LogP contribution in [0.1, 0.15) is 79.1 Å². The van der Waals surface area contributed by atoms with Crippen molar-refractivity contribution in [3.05, 3.63) is 47.1 Å². The zero-order chi connectivity index (χ0) is 24.2. The molecular weight excluding hydrogens is 416 g/mol. The van der Waals surface area contributed by atoms with E-state index in [1.54, 1.807) is 0 Å². The number of carbonyl (C=O) groups is 1. The summed E-state index contributed by atoms with van der Waals surface area (Å²) in [5.41, 5.74) is 4.38. The molecule has 0 saturated heterocycles. The summed E-state index contributed by atoms with van der Waals surface area (Å²) in [5, 5.41) is 20.2. The highest BCUT2D eigenvalue weighted by Gasteiger charge is 2.46. The van der Waals surface area contributed by atoms with Gasteiger partial charge in [0.1, 0.15) is 12.7 Å². The lowest BCUT2D eigenvalue weighted by Crippen LogP contribution is -2.35. The van der Waals surface area contributed by atoms with Crippen LogP contribution in [0.25, 0.3) is 0 Å². The first-order chi connectivity index (χ1) is 15.7. The van der Waals surface area contributed by atoms with Gasteiger partial charge < -0.3 is 19.7 Å². The molecule has 0 bridgehead atoms. The largest absolute Gasteiger partial charge is 0.461 e. The van der Waals surface area contributed by atoms with Gasteiger partial charge in [0.2, 0.25) is 0 Å². The molecule has 5 atom stereocenters. The summed E-state index contributed by atoms with van der Waals surface area (Å²) in [6, 6.07) is 0. The van der Waals surface area contributed by atoms with E-state index in [1.165, 1.54) is 11.1 Å². The summed E-state index contributed by atoms with van der Waals surface area (Å²) in [6.07, 6.45) is 12.0. The van der Waals surface area contributed by atoms with Gasteiger partial charge in [0.05, 0.1) is 18.3 Å². The molecule has 3 aliphatic carbocycles. The van der Waals surface area contributed by atoms with Gasteiger partial charge in [-0.25, -0.2) is 4.79 Å². The summed E-state index contributed by atoms with van der Waals surface area (Å²) in [5.74, 6) is 0.121. The van der Waals surface area contributed by atoms with Gasteiger partial charge in [-0.1, -0.05) is 51.2 Å². The number of carbonyl (C=O) groups excluding carboxylic acids is 1. The lowest BCUT2D eigenvalue weighted by atomic mass is 9.63. The Morgan fingerprint density at radius 3 is 2.73 bits per heavy atom. The quantitative estimate of drug-likeness (QED) is 0.387. The molecule has 0 aromatic carbocycles. The third kappa shape index (κ3) is 5.87. The molecule has 184 valence electrons. The molecule has 0 heterocycles. The summed E-state index contributed by atoms with van der Waals surface area (Å²) in [4.78, 5) is 12.2. The van der Waals surface area contributed by atoms with Gasteiger partial charge in [0, 0.05) is 6.42 Å². The van der Waals surface area contributed by atoms with Crippen LogP contribution in [0.2, 0.25) is 0 Å². The third-order valence-corrected chi connectivity index (χ3v) is 7.97. The van der Waals surface area contributed by atoms with Gasteiger partial charge >= 0.3 is 5.97 Å². The molecule has 2 fully saturated rings. The maximum atomic E-state index is 12.2. The third-order valence-electron chi connectivity index (χ3n) is 7.97. The molecule has 3 rings (SSSR count). The second-order valence-electron chi connectivity index (χ2n) is 10.2. The predicted molar refractivity (Wildman–Crippen MR) is 131 cm³/mol. The zero-order valence-electron chi connectivity index (χ0n) is 20.8. The fourth-order valence-electron chi connectivity index (χ4n) is 5.91. The van der Waals surface area contributed by atoms with E-state index < -0.39 is 12.2 Å². The standard InChI is InChI=1S/C28H42O5/c1-6-23(7-2)33-27(31)17-32-19(4)24-12-13-25-20(9-8-14-28(24,25)5)10-11-21-15-22(29)16-26(30)18(21)3/h10-12,19,22-23,25-26,29-30H,3,6-9,13-17H2,1-2,4-5H3/t19-,22-,25+,26+,28-/m1/s1. The molecule has 3 aliphatic rings. The molecule has 0 aromatic rings. The fourth-order valence-corrected chi connectivity index (χ4v) is 5.91. The molecule has 0 radical (unpaired) electrons. The second kappa shape index (κ2) is 11.2. The number of allylic oxidation sites excluding steroid dienone is 4. The molecule has 5 heteroatoms. The van der Waals surface area contributed by atoms with Crippen LogP contribution in [0.5, 0.6) is 0 Å². The number of ether oxygens (including phenoxy) is 2. The second-order valence-corrected chi connectivity index (χ2v) is 10.2. The van der Waals surface area contributed by atoms with Crippen molar-refractivity contribution in [1.82, 2.24) is 0 Å². The number of esters is 1. The maximum absolute atomic E-state index is 12.2. The Kier molecular flexibility index (Phi) is 8.76. The van der Waals surface area contributed by atoms with Gasteiger partial charge in [-0.15, -0.1) is 0 Å². The van der Waals surface area contributed by atoms with E-state index in [0.717, 1.165) is 49.7 Å². The van der Waals surface area contributed by atoms with E-state index in [-0.39, 0.29) is 30.2 Å². The minimum absolute atomic E-state index is 0.0166. The summed E-state index contributed by atoms with van der Waals surface area (Å²) in [7, 11) is 0. The number of hydrogen-bond acceptors (Lipinski definition) is 5. The molecule has 5 nitrogen and oxygen atoms in total. The Labute approximate surface area is 199 Å². The normalized spacial score (nSPS) is 33.4. The fraction of sp³-hybridized carbons (Fsp3) is 0.679. The van der Waals surface area contributed by atoms with Crippen molar-refractivity contribution < 1.29 is 24.5 Å². The summed E-state index contributed by atoms with van der Waals surface area (Å²) in [6.45, 7) is 12.4. The first-order valence-electron chi connectivity index (χ1n) is 12.7. The molecule has 33 heavy (non-hydrogen) atoms. The first-order valence-corrected chi connectivity index (χ1v) is 12.7. The number of aliphatic hydroxyl groups excluding tert-OH is 2. The Morgan fingerprint density at radius 1 is 1.30 bits per heavy atom. The van der Waals surface area contributed by atoms with E-state index in [1.807, 2.05) is 20.8 Å². The van der Waals surface area contributed by atoms with Crippen molar-refractivity contribution in [3.8, 4) is 0 Å². The van der Waals surface area contributed by atoms with E-state index in [4.69, 9.17) is 9.47 Å². The van der Waals surface area contributed by atoms with Gasteiger partial charge in [-0.3, -0.25) is 0 Å². The Hall–Kier alpha value is -1.69. The minimum atomic E-state index is -0.663. The van der Waals surface area contributed by atoms with Gasteiger partial charge in [-0.2, -0.15) is 0 Å². The smallest absolute Gasteiger partial charge is 0.332 e. The van der Waals surface area contributed by atoms with E-state index in [0.29, 0.717) is 18.8 Å². The lowest BCUT2D eigenvalue weighted by Gasteiger charge is -2.42. The predicted octanol–water partition coefficient (Wildman–Crippen LogP) is 5.18. The molecule has 0 aromatic heterocycles. The number of rotatable bonds is 8. The lowest BCUT2D eigenvalue weighted by molar-refractivity contribution is -0.156. The van der Waals surface area contributed by atoms with Crippen LogP contribution in [-0.2, 0) is 14.3 Å². The van der Waals surface area contributed by atoms with Crippen molar-refractivity contribution in [2.75, 3.05) is 6.61 Å². The van der Waals surface area contributed by atoms with Gasteiger partial charge in [-0.05, 0) is 79.9 Å². The Morgan fingerprint density at radius 2 is 2.03 bits per heavy atom. The van der Waals surface area contributed by atoms with Gasteiger partial charge in [0.15, 0.2) is 0 Å². The summed E-state index contributed by atoms with van der Waals surface area (Å²) < 4.78 is 11.5. The van der Waals surface area contributed by atoms with Crippen LogP contribution in [0.3, 0.4) is 0 Å².